The van der Waals surface area contributed by atoms with Crippen molar-refractivity contribution in [2.75, 3.05) is 0 Å². The van der Waals surface area contributed by atoms with Gasteiger partial charge in [0.05, 0.1) is 0 Å². The minimum Gasteiger partial charge on any atom is -0.299 e. The molecule has 1 rings (SSSR count). The second-order valence-corrected chi connectivity index (χ2v) is 5.79. The molecule has 0 radical (unpaired) electrons. The number of hydrogen-bond acceptors (Lipinski definition) is 1. The van der Waals surface area contributed by atoms with Gasteiger partial charge in [0.15, 0.2) is 0 Å². The van der Waals surface area contributed by atoms with E-state index in [2.05, 4.69) is 13.8 Å². The van der Waals surface area contributed by atoms with Crippen LogP contribution < -0.4 is 0 Å². The fourth-order valence-electron chi connectivity index (χ4n) is 2.66. The zero-order valence-electron chi connectivity index (χ0n) is 11.1. The summed E-state index contributed by atoms with van der Waals surface area (Å²) in [7, 11) is 0. The standard InChI is InChI=1S/C15H28O/c1-13(2)9-5-3-8-12-15(16)14-10-6-4-7-11-14/h13-14H,3-12H2,1-2H3. The first-order valence-electron chi connectivity index (χ1n) is 7.23. The van der Waals surface area contributed by atoms with E-state index >= 15 is 0 Å². The molecule has 1 nitrogen and oxygen atoms in total. The van der Waals surface area contributed by atoms with Gasteiger partial charge in [-0.15, -0.1) is 0 Å². The zero-order valence-corrected chi connectivity index (χ0v) is 11.1. The van der Waals surface area contributed by atoms with E-state index in [1.165, 1.54) is 51.4 Å². The summed E-state index contributed by atoms with van der Waals surface area (Å²) < 4.78 is 0. The SMILES string of the molecule is CC(C)CCCCCC(=O)C1CCCCC1. The molecule has 0 amide bonds. The fraction of sp³-hybridized carbons (Fsp3) is 0.933. The monoisotopic (exact) mass is 224 g/mol. The van der Waals surface area contributed by atoms with E-state index in [-0.39, 0.29) is 0 Å². The Morgan fingerprint density at radius 1 is 1.06 bits per heavy atom. The van der Waals surface area contributed by atoms with Crippen LogP contribution in [-0.4, -0.2) is 5.78 Å². The van der Waals surface area contributed by atoms with E-state index in [0.29, 0.717) is 11.7 Å². The van der Waals surface area contributed by atoms with Crippen molar-refractivity contribution in [3.63, 3.8) is 0 Å². The van der Waals surface area contributed by atoms with Gasteiger partial charge >= 0.3 is 0 Å². The maximum Gasteiger partial charge on any atom is 0.135 e. The van der Waals surface area contributed by atoms with Crippen molar-refractivity contribution in [1.82, 2.24) is 0 Å². The Labute approximate surface area is 101 Å². The summed E-state index contributed by atoms with van der Waals surface area (Å²) >= 11 is 0. The molecular weight excluding hydrogens is 196 g/mol. The Bertz CT molecular complexity index is 190. The number of ketones is 1. The second kappa shape index (κ2) is 7.86. The topological polar surface area (TPSA) is 17.1 Å². The highest BCUT2D eigenvalue weighted by molar-refractivity contribution is 5.80. The average molecular weight is 224 g/mol. The number of hydrogen-bond donors (Lipinski definition) is 0. The van der Waals surface area contributed by atoms with Crippen LogP contribution in [0.5, 0.6) is 0 Å². The number of carbonyl (C=O) groups excluding carboxylic acids is 1. The summed E-state index contributed by atoms with van der Waals surface area (Å²) in [6.45, 7) is 4.54. The van der Waals surface area contributed by atoms with E-state index in [1.54, 1.807) is 0 Å². The molecule has 0 atom stereocenters. The summed E-state index contributed by atoms with van der Waals surface area (Å²) in [5.41, 5.74) is 0. The van der Waals surface area contributed by atoms with Crippen LogP contribution in [0.3, 0.4) is 0 Å². The molecule has 0 bridgehead atoms. The first-order chi connectivity index (χ1) is 7.70. The first-order valence-corrected chi connectivity index (χ1v) is 7.23. The van der Waals surface area contributed by atoms with Gasteiger partial charge in [-0.25, -0.2) is 0 Å². The molecule has 16 heavy (non-hydrogen) atoms. The predicted octanol–water partition coefficient (Wildman–Crippen LogP) is 4.74. The van der Waals surface area contributed by atoms with E-state index < -0.39 is 0 Å². The van der Waals surface area contributed by atoms with Gasteiger partial charge in [-0.3, -0.25) is 4.79 Å². The second-order valence-electron chi connectivity index (χ2n) is 5.79. The van der Waals surface area contributed by atoms with Gasteiger partial charge in [0.2, 0.25) is 0 Å². The Balaban J connectivity index is 2.01. The molecule has 94 valence electrons. The third-order valence-corrected chi connectivity index (χ3v) is 3.77. The predicted molar refractivity (Wildman–Crippen MR) is 69.5 cm³/mol. The molecule has 1 heteroatoms. The molecule has 1 fully saturated rings. The summed E-state index contributed by atoms with van der Waals surface area (Å²) in [5, 5.41) is 0. The Morgan fingerprint density at radius 3 is 2.38 bits per heavy atom. The molecule has 0 heterocycles. The van der Waals surface area contributed by atoms with Crippen LogP contribution in [0.4, 0.5) is 0 Å². The number of Topliss-reactive ketones (excluding diaryl/α,β-unsaturated/α-hetero) is 1. The van der Waals surface area contributed by atoms with Crippen molar-refractivity contribution >= 4 is 5.78 Å². The summed E-state index contributed by atoms with van der Waals surface area (Å²) in [6, 6.07) is 0. The van der Waals surface area contributed by atoms with Crippen LogP contribution >= 0.6 is 0 Å². The molecule has 0 saturated heterocycles. The number of rotatable bonds is 7. The molecule has 1 saturated carbocycles. The quantitative estimate of drug-likeness (QED) is 0.571. The highest BCUT2D eigenvalue weighted by atomic mass is 16.1. The molecule has 0 aliphatic heterocycles. The molecule has 1 aliphatic carbocycles. The van der Waals surface area contributed by atoms with Gasteiger partial charge in [0, 0.05) is 12.3 Å². The summed E-state index contributed by atoms with van der Waals surface area (Å²) in [6.07, 6.45) is 12.1. The Kier molecular flexibility index (Phi) is 6.75. The lowest BCUT2D eigenvalue weighted by Crippen LogP contribution is -2.17. The van der Waals surface area contributed by atoms with Gasteiger partial charge in [-0.2, -0.15) is 0 Å². The summed E-state index contributed by atoms with van der Waals surface area (Å²) in [5.74, 6) is 1.80. The lowest BCUT2D eigenvalue weighted by Gasteiger charge is -2.20. The van der Waals surface area contributed by atoms with Gasteiger partial charge in [0.1, 0.15) is 5.78 Å². The van der Waals surface area contributed by atoms with Crippen molar-refractivity contribution in [3.05, 3.63) is 0 Å². The van der Waals surface area contributed by atoms with Crippen molar-refractivity contribution < 1.29 is 4.79 Å². The lowest BCUT2D eigenvalue weighted by atomic mass is 9.84. The van der Waals surface area contributed by atoms with E-state index in [9.17, 15) is 4.79 Å². The normalized spacial score (nSPS) is 17.9. The van der Waals surface area contributed by atoms with Gasteiger partial charge in [0.25, 0.3) is 0 Å². The van der Waals surface area contributed by atoms with Crippen molar-refractivity contribution in [2.45, 2.75) is 78.1 Å². The maximum absolute atomic E-state index is 11.9. The Hall–Kier alpha value is -0.330. The van der Waals surface area contributed by atoms with Gasteiger partial charge in [-0.1, -0.05) is 52.4 Å². The lowest BCUT2D eigenvalue weighted by molar-refractivity contribution is -0.123. The fourth-order valence-corrected chi connectivity index (χ4v) is 2.66. The van der Waals surface area contributed by atoms with E-state index in [1.807, 2.05) is 0 Å². The van der Waals surface area contributed by atoms with Crippen LogP contribution in [0.25, 0.3) is 0 Å². The molecule has 0 unspecified atom stereocenters. The van der Waals surface area contributed by atoms with E-state index in [0.717, 1.165) is 18.8 Å². The molecular formula is C15H28O. The van der Waals surface area contributed by atoms with Crippen molar-refractivity contribution in [3.8, 4) is 0 Å². The zero-order chi connectivity index (χ0) is 11.8. The molecule has 0 aromatic carbocycles. The van der Waals surface area contributed by atoms with Crippen molar-refractivity contribution in [1.29, 1.82) is 0 Å². The van der Waals surface area contributed by atoms with Crippen molar-refractivity contribution in [2.24, 2.45) is 11.8 Å². The van der Waals surface area contributed by atoms with Crippen LogP contribution in [0.1, 0.15) is 78.1 Å². The summed E-state index contributed by atoms with van der Waals surface area (Å²) in [4.78, 5) is 11.9. The third kappa shape index (κ3) is 5.67. The molecule has 1 aliphatic rings. The van der Waals surface area contributed by atoms with Crippen LogP contribution in [0.2, 0.25) is 0 Å². The molecule has 0 aromatic rings. The minimum absolute atomic E-state index is 0.429. The van der Waals surface area contributed by atoms with Crippen LogP contribution in [-0.2, 0) is 4.79 Å². The minimum atomic E-state index is 0.429. The van der Waals surface area contributed by atoms with Crippen LogP contribution in [0, 0.1) is 11.8 Å². The molecule has 0 spiro atoms. The smallest absolute Gasteiger partial charge is 0.135 e. The highest BCUT2D eigenvalue weighted by Crippen LogP contribution is 2.26. The van der Waals surface area contributed by atoms with Crippen LogP contribution in [0.15, 0.2) is 0 Å². The van der Waals surface area contributed by atoms with Gasteiger partial charge in [-0.05, 0) is 25.2 Å². The van der Waals surface area contributed by atoms with E-state index in [4.69, 9.17) is 0 Å². The molecule has 0 aromatic heterocycles. The highest BCUT2D eigenvalue weighted by Gasteiger charge is 2.19. The average Bonchev–Trinajstić information content (AvgIpc) is 2.29. The first kappa shape index (κ1) is 13.7. The largest absolute Gasteiger partial charge is 0.299 e. The Morgan fingerprint density at radius 2 is 1.75 bits per heavy atom. The maximum atomic E-state index is 11.9. The number of unbranched alkanes of at least 4 members (excludes halogenated alkanes) is 2. The van der Waals surface area contributed by atoms with Gasteiger partial charge < -0.3 is 0 Å². The third-order valence-electron chi connectivity index (χ3n) is 3.77. The number of carbonyl (C=O) groups is 1. The molecule has 0 N–H and O–H groups in total.